The van der Waals surface area contributed by atoms with Crippen LogP contribution in [0.1, 0.15) is 11.1 Å². The molecule has 0 N–H and O–H groups in total. The Morgan fingerprint density at radius 1 is 0.203 bits per heavy atom. The van der Waals surface area contributed by atoms with E-state index < -0.39 is 0 Å². The lowest BCUT2D eigenvalue weighted by atomic mass is 9.90. The van der Waals surface area contributed by atoms with Gasteiger partial charge in [-0.05, 0) is 188 Å². The molecule has 2 heterocycles. The zero-order chi connectivity index (χ0) is 51.7. The molecular weight excluding hydrogens is 957 g/mol. The summed E-state index contributed by atoms with van der Waals surface area (Å²) in [5.41, 5.74) is 22.5. The molecule has 17 rings (SSSR count). The number of fused-ring (bicyclic) bond motifs is 13. The van der Waals surface area contributed by atoms with Gasteiger partial charge in [0.15, 0.2) is 0 Å². The van der Waals surface area contributed by atoms with Gasteiger partial charge in [0.25, 0.3) is 0 Å². The highest BCUT2D eigenvalue weighted by Gasteiger charge is 2.25. The molecule has 366 valence electrons. The van der Waals surface area contributed by atoms with Crippen LogP contribution in [0.25, 0.3) is 165 Å². The van der Waals surface area contributed by atoms with Crippen molar-refractivity contribution in [1.82, 2.24) is 0 Å². The Morgan fingerprint density at radius 3 is 0.899 bits per heavy atom. The fraction of sp³-hybridized carbons (Fsp3) is 0.0130. The maximum Gasteiger partial charge on any atom is 0.143 e. The van der Waals surface area contributed by atoms with Crippen molar-refractivity contribution in [2.24, 2.45) is 0 Å². The minimum absolute atomic E-state index is 0.866. The third-order valence-electron chi connectivity index (χ3n) is 17.1. The summed E-state index contributed by atoms with van der Waals surface area (Å²) in [5.74, 6) is 0. The van der Waals surface area contributed by atoms with E-state index in [1.807, 2.05) is 0 Å². The molecule has 14 aromatic carbocycles. The van der Waals surface area contributed by atoms with Crippen LogP contribution in [-0.4, -0.2) is 0 Å². The molecule has 79 heavy (non-hydrogen) atoms. The number of hydrogen-bond acceptors (Lipinski definition) is 2. The molecule has 2 aromatic heterocycles. The lowest BCUT2D eigenvalue weighted by Crippen LogP contribution is -1.88. The molecule has 0 fully saturated rings. The lowest BCUT2D eigenvalue weighted by Gasteiger charge is -2.13. The van der Waals surface area contributed by atoms with Crippen molar-refractivity contribution in [1.29, 1.82) is 0 Å². The maximum absolute atomic E-state index is 7.04. The summed E-state index contributed by atoms with van der Waals surface area (Å²) in [6.45, 7) is 0. The Hall–Kier alpha value is -10.3. The summed E-state index contributed by atoms with van der Waals surface area (Å²) in [5, 5.41) is 14.2. The minimum atomic E-state index is 0.866. The van der Waals surface area contributed by atoms with Gasteiger partial charge >= 0.3 is 0 Å². The first-order valence-corrected chi connectivity index (χ1v) is 27.3. The molecule has 2 nitrogen and oxygen atoms in total. The first-order valence-electron chi connectivity index (χ1n) is 27.3. The molecule has 0 unspecified atom stereocenters. The molecule has 0 amide bonds. The summed E-state index contributed by atoms with van der Waals surface area (Å²) in [6.07, 6.45) is 0.866. The van der Waals surface area contributed by atoms with Crippen molar-refractivity contribution in [3.63, 3.8) is 0 Å². The van der Waals surface area contributed by atoms with Crippen LogP contribution in [0.3, 0.4) is 0 Å². The van der Waals surface area contributed by atoms with E-state index in [-0.39, 0.29) is 0 Å². The Balaban J connectivity index is 0.850. The molecule has 1 aliphatic rings. The van der Waals surface area contributed by atoms with E-state index in [1.165, 1.54) is 98.7 Å². The largest absolute Gasteiger partial charge is 0.455 e. The monoisotopic (exact) mass is 1000 g/mol. The van der Waals surface area contributed by atoms with Gasteiger partial charge in [-0.2, -0.15) is 0 Å². The summed E-state index contributed by atoms with van der Waals surface area (Å²) >= 11 is 0. The van der Waals surface area contributed by atoms with Crippen molar-refractivity contribution in [2.75, 3.05) is 0 Å². The Kier molecular flexibility index (Phi) is 9.51. The number of hydrogen-bond donors (Lipinski definition) is 0. The van der Waals surface area contributed by atoms with Gasteiger partial charge in [-0.1, -0.05) is 206 Å². The van der Waals surface area contributed by atoms with Crippen LogP contribution in [0.5, 0.6) is 0 Å². The zero-order valence-electron chi connectivity index (χ0n) is 42.9. The summed E-state index contributed by atoms with van der Waals surface area (Å²) < 4.78 is 14.1. The van der Waals surface area contributed by atoms with Gasteiger partial charge in [-0.3, -0.25) is 0 Å². The van der Waals surface area contributed by atoms with E-state index in [9.17, 15) is 0 Å². The molecule has 0 bridgehead atoms. The summed E-state index contributed by atoms with van der Waals surface area (Å²) in [4.78, 5) is 0. The first kappa shape index (κ1) is 43.9. The molecule has 0 spiro atoms. The van der Waals surface area contributed by atoms with Gasteiger partial charge in [-0.15, -0.1) is 0 Å². The highest BCUT2D eigenvalue weighted by atomic mass is 16.3. The van der Waals surface area contributed by atoms with Crippen LogP contribution in [0.15, 0.2) is 276 Å². The van der Waals surface area contributed by atoms with Crippen molar-refractivity contribution in [2.45, 2.75) is 6.42 Å². The SMILES string of the molecule is c1ccc2c(-c3ccc4oc5c(-c6ccc7c(c6)-c6cc(-c8cc(-c9cccc%10ccccc9%10)cc9c8oc8ccc(-c%10cccc%11ccccc%10%11)cc89)ccc6C7)cc(-c6cccc7ccccc67)cc5c4c3)cccc2c1. The standard InChI is InChI=1S/C77H46O2/c1-5-21-58-46(13-1)17-9-25-62(58)52-33-35-74-70(40-52)72-44-56(64-27-11-19-48-15-3-7-23-60(48)64)42-68(76(72)78-74)54-31-29-50-37-51-30-32-55(39-67(51)66(50)38-54)69-43-57(65-28-12-20-49-16-4-8-24-61(49)65)45-73-71-41-53(34-36-75(71)79-77(69)73)63-26-10-18-47-14-2-6-22-59(47)63/h1-36,38-45H,37H2. The van der Waals surface area contributed by atoms with Gasteiger partial charge in [-0.25, -0.2) is 0 Å². The second-order valence-corrected chi connectivity index (χ2v) is 21.5. The topological polar surface area (TPSA) is 26.3 Å². The number of benzene rings is 14. The molecular formula is C77H46O2. The maximum atomic E-state index is 7.04. The molecule has 0 saturated carbocycles. The third-order valence-corrected chi connectivity index (χ3v) is 17.1. The Labute approximate surface area is 455 Å². The average molecular weight is 1000 g/mol. The predicted molar refractivity (Wildman–Crippen MR) is 332 cm³/mol. The van der Waals surface area contributed by atoms with Gasteiger partial charge in [0.2, 0.25) is 0 Å². The van der Waals surface area contributed by atoms with Crippen LogP contribution in [0.2, 0.25) is 0 Å². The van der Waals surface area contributed by atoms with E-state index in [0.29, 0.717) is 0 Å². The fourth-order valence-corrected chi connectivity index (χ4v) is 13.2. The van der Waals surface area contributed by atoms with Crippen LogP contribution in [0.4, 0.5) is 0 Å². The predicted octanol–water partition coefficient (Wildman–Crippen LogP) is 21.7. The van der Waals surface area contributed by atoms with E-state index in [2.05, 4.69) is 267 Å². The summed E-state index contributed by atoms with van der Waals surface area (Å²) in [6, 6.07) is 98.1. The highest BCUT2D eigenvalue weighted by molar-refractivity contribution is 6.16. The van der Waals surface area contributed by atoms with Crippen molar-refractivity contribution in [3.05, 3.63) is 278 Å². The van der Waals surface area contributed by atoms with Gasteiger partial charge in [0.05, 0.1) is 0 Å². The second kappa shape index (κ2) is 17.1. The van der Waals surface area contributed by atoms with E-state index in [1.54, 1.807) is 0 Å². The highest BCUT2D eigenvalue weighted by Crippen LogP contribution is 2.48. The van der Waals surface area contributed by atoms with Gasteiger partial charge in [0, 0.05) is 32.7 Å². The third kappa shape index (κ3) is 6.91. The lowest BCUT2D eigenvalue weighted by molar-refractivity contribution is 0.669. The Morgan fingerprint density at radius 2 is 0.506 bits per heavy atom. The average Bonchev–Trinajstić information content (AvgIpc) is 4.43. The minimum Gasteiger partial charge on any atom is -0.455 e. The van der Waals surface area contributed by atoms with Crippen LogP contribution >= 0.6 is 0 Å². The molecule has 0 atom stereocenters. The second-order valence-electron chi connectivity index (χ2n) is 21.5. The smallest absolute Gasteiger partial charge is 0.143 e. The summed E-state index contributed by atoms with van der Waals surface area (Å²) in [7, 11) is 0. The van der Waals surface area contributed by atoms with E-state index in [4.69, 9.17) is 8.83 Å². The molecule has 16 aromatic rings. The van der Waals surface area contributed by atoms with Crippen molar-refractivity contribution >= 4 is 87.0 Å². The van der Waals surface area contributed by atoms with Crippen LogP contribution in [-0.2, 0) is 6.42 Å². The quantitative estimate of drug-likeness (QED) is 0.166. The van der Waals surface area contributed by atoms with Crippen molar-refractivity contribution < 1.29 is 8.83 Å². The van der Waals surface area contributed by atoms with Gasteiger partial charge in [0.1, 0.15) is 22.3 Å². The van der Waals surface area contributed by atoms with Crippen LogP contribution < -0.4 is 0 Å². The number of furan rings is 2. The Bertz CT molecular complexity index is 4890. The van der Waals surface area contributed by atoms with Crippen LogP contribution in [0, 0.1) is 0 Å². The molecule has 0 aliphatic heterocycles. The fourth-order valence-electron chi connectivity index (χ4n) is 13.2. The van der Waals surface area contributed by atoms with Crippen molar-refractivity contribution in [3.8, 4) is 77.9 Å². The molecule has 2 heteroatoms. The van der Waals surface area contributed by atoms with E-state index >= 15 is 0 Å². The van der Waals surface area contributed by atoms with E-state index in [0.717, 1.165) is 83.7 Å². The molecule has 0 radical (unpaired) electrons. The molecule has 1 aliphatic carbocycles. The normalized spacial score (nSPS) is 12.3. The first-order chi connectivity index (χ1) is 39.1. The number of rotatable bonds is 6. The zero-order valence-corrected chi connectivity index (χ0v) is 42.9. The molecule has 0 saturated heterocycles. The van der Waals surface area contributed by atoms with Gasteiger partial charge < -0.3 is 8.83 Å².